The molecule has 1 aromatic carbocycles. The first-order valence-corrected chi connectivity index (χ1v) is 9.79. The fourth-order valence-corrected chi connectivity index (χ4v) is 4.62. The molecule has 1 aromatic heterocycles. The summed E-state index contributed by atoms with van der Waals surface area (Å²) in [5.41, 5.74) is 3.00. The van der Waals surface area contributed by atoms with Crippen molar-refractivity contribution in [3.8, 4) is 0 Å². The highest BCUT2D eigenvalue weighted by Gasteiger charge is 2.44. The van der Waals surface area contributed by atoms with Crippen LogP contribution in [0.4, 0.5) is 5.82 Å². The van der Waals surface area contributed by atoms with Crippen LogP contribution in [0.1, 0.15) is 39.2 Å². The summed E-state index contributed by atoms with van der Waals surface area (Å²) in [7, 11) is 0. The molecular weight excluding hydrogens is 308 g/mol. The van der Waals surface area contributed by atoms with E-state index in [0.717, 1.165) is 36.8 Å². The molecular formula is C21H30N4. The lowest BCUT2D eigenvalue weighted by atomic mass is 9.71. The summed E-state index contributed by atoms with van der Waals surface area (Å²) in [6.45, 7) is 12.9. The van der Waals surface area contributed by atoms with Crippen molar-refractivity contribution >= 4 is 16.7 Å². The highest BCUT2D eigenvalue weighted by Crippen LogP contribution is 2.42. The topological polar surface area (TPSA) is 32.3 Å². The second kappa shape index (κ2) is 6.56. The van der Waals surface area contributed by atoms with Gasteiger partial charge in [-0.1, -0.05) is 26.8 Å². The van der Waals surface area contributed by atoms with Crippen LogP contribution in [0.25, 0.3) is 10.9 Å². The van der Waals surface area contributed by atoms with Gasteiger partial charge in [-0.3, -0.25) is 0 Å². The number of rotatable bonds is 4. The smallest absolute Gasteiger partial charge is 0.139 e. The van der Waals surface area contributed by atoms with Crippen molar-refractivity contribution in [1.82, 2.24) is 14.9 Å². The van der Waals surface area contributed by atoms with Crippen LogP contribution >= 0.6 is 0 Å². The fourth-order valence-electron chi connectivity index (χ4n) is 4.62. The summed E-state index contributed by atoms with van der Waals surface area (Å²) in [5, 5.41) is 1.22. The zero-order valence-corrected chi connectivity index (χ0v) is 15.8. The average molecular weight is 338 g/mol. The van der Waals surface area contributed by atoms with Gasteiger partial charge in [-0.15, -0.1) is 0 Å². The SMILES string of the molecule is CCc1ccc2ncnc(N3CCC4(CC3)CN(CC(C)C)C4)c2c1. The van der Waals surface area contributed by atoms with Gasteiger partial charge in [0.1, 0.15) is 12.1 Å². The van der Waals surface area contributed by atoms with Crippen LogP contribution in [0, 0.1) is 11.3 Å². The third-order valence-electron chi connectivity index (χ3n) is 5.95. The van der Waals surface area contributed by atoms with Crippen LogP contribution in [-0.2, 0) is 6.42 Å². The van der Waals surface area contributed by atoms with Gasteiger partial charge in [0.05, 0.1) is 5.52 Å². The third kappa shape index (κ3) is 3.24. The zero-order valence-electron chi connectivity index (χ0n) is 15.8. The van der Waals surface area contributed by atoms with Gasteiger partial charge in [-0.2, -0.15) is 0 Å². The van der Waals surface area contributed by atoms with Crippen molar-refractivity contribution in [2.45, 2.75) is 40.0 Å². The quantitative estimate of drug-likeness (QED) is 0.850. The summed E-state index contributed by atoms with van der Waals surface area (Å²) < 4.78 is 0. The molecule has 0 amide bonds. The van der Waals surface area contributed by atoms with Crippen molar-refractivity contribution in [2.75, 3.05) is 37.6 Å². The van der Waals surface area contributed by atoms with Gasteiger partial charge in [-0.05, 0) is 48.3 Å². The van der Waals surface area contributed by atoms with E-state index >= 15 is 0 Å². The number of hydrogen-bond acceptors (Lipinski definition) is 4. The lowest BCUT2D eigenvalue weighted by Gasteiger charge is -2.54. The molecule has 4 heteroatoms. The Morgan fingerprint density at radius 2 is 1.88 bits per heavy atom. The number of piperidine rings is 1. The van der Waals surface area contributed by atoms with Gasteiger partial charge in [0.25, 0.3) is 0 Å². The molecule has 0 atom stereocenters. The Balaban J connectivity index is 1.47. The Kier molecular flexibility index (Phi) is 4.40. The molecule has 0 bridgehead atoms. The molecule has 0 N–H and O–H groups in total. The minimum Gasteiger partial charge on any atom is -0.356 e. The number of aromatic nitrogens is 2. The average Bonchev–Trinajstić information content (AvgIpc) is 2.59. The third-order valence-corrected chi connectivity index (χ3v) is 5.95. The van der Waals surface area contributed by atoms with Crippen LogP contribution < -0.4 is 4.90 Å². The number of likely N-dealkylation sites (tertiary alicyclic amines) is 1. The summed E-state index contributed by atoms with van der Waals surface area (Å²) >= 11 is 0. The van der Waals surface area contributed by atoms with Crippen LogP contribution in [0.5, 0.6) is 0 Å². The highest BCUT2D eigenvalue weighted by molar-refractivity contribution is 5.89. The molecule has 2 aromatic rings. The van der Waals surface area contributed by atoms with E-state index in [2.05, 4.69) is 58.7 Å². The molecule has 0 radical (unpaired) electrons. The Bertz CT molecular complexity index is 739. The van der Waals surface area contributed by atoms with Crippen molar-refractivity contribution < 1.29 is 0 Å². The number of anilines is 1. The normalized spacial score (nSPS) is 20.4. The first-order valence-electron chi connectivity index (χ1n) is 9.79. The van der Waals surface area contributed by atoms with Gasteiger partial charge >= 0.3 is 0 Å². The maximum atomic E-state index is 4.66. The van der Waals surface area contributed by atoms with E-state index in [9.17, 15) is 0 Å². The minimum absolute atomic E-state index is 0.572. The fraction of sp³-hybridized carbons (Fsp3) is 0.619. The number of aryl methyl sites for hydroxylation is 1. The maximum Gasteiger partial charge on any atom is 0.139 e. The highest BCUT2D eigenvalue weighted by atomic mass is 15.2. The molecule has 0 saturated carbocycles. The molecule has 2 saturated heterocycles. The second-order valence-corrected chi connectivity index (χ2v) is 8.45. The zero-order chi connectivity index (χ0) is 17.4. The molecule has 1 spiro atoms. The number of benzene rings is 1. The Morgan fingerprint density at radius 3 is 2.56 bits per heavy atom. The predicted molar refractivity (Wildman–Crippen MR) is 104 cm³/mol. The Morgan fingerprint density at radius 1 is 1.12 bits per heavy atom. The molecule has 4 rings (SSSR count). The second-order valence-electron chi connectivity index (χ2n) is 8.45. The van der Waals surface area contributed by atoms with Gasteiger partial charge in [0, 0.05) is 38.1 Å². The maximum absolute atomic E-state index is 4.66. The molecule has 2 aliphatic heterocycles. The van der Waals surface area contributed by atoms with Crippen LogP contribution in [0.15, 0.2) is 24.5 Å². The Labute approximate surface area is 151 Å². The van der Waals surface area contributed by atoms with Crippen molar-refractivity contribution in [1.29, 1.82) is 0 Å². The van der Waals surface area contributed by atoms with Gasteiger partial charge in [0.2, 0.25) is 0 Å². The van der Waals surface area contributed by atoms with Gasteiger partial charge < -0.3 is 9.80 Å². The van der Waals surface area contributed by atoms with Crippen molar-refractivity contribution in [3.05, 3.63) is 30.1 Å². The molecule has 2 aliphatic rings. The predicted octanol–water partition coefficient (Wildman–Crippen LogP) is 3.75. The standard InChI is InChI=1S/C21H30N4/c1-4-17-5-6-19-18(11-17)20(23-15-22-19)25-9-7-21(8-10-25)13-24(14-21)12-16(2)3/h5-6,11,15-16H,4,7-10,12-14H2,1-3H3. The van der Waals surface area contributed by atoms with E-state index in [1.54, 1.807) is 6.33 Å². The Hall–Kier alpha value is -1.68. The lowest BCUT2D eigenvalue weighted by molar-refractivity contribution is -0.0247. The first kappa shape index (κ1) is 16.8. The van der Waals surface area contributed by atoms with Gasteiger partial charge in [0.15, 0.2) is 0 Å². The molecule has 25 heavy (non-hydrogen) atoms. The summed E-state index contributed by atoms with van der Waals surface area (Å²) in [6.07, 6.45) is 5.36. The first-order chi connectivity index (χ1) is 12.1. The van der Waals surface area contributed by atoms with Crippen molar-refractivity contribution in [3.63, 3.8) is 0 Å². The van der Waals surface area contributed by atoms with E-state index in [-0.39, 0.29) is 0 Å². The summed E-state index contributed by atoms with van der Waals surface area (Å²) in [5.74, 6) is 1.91. The monoisotopic (exact) mass is 338 g/mol. The molecule has 2 fully saturated rings. The van der Waals surface area contributed by atoms with E-state index in [4.69, 9.17) is 0 Å². The summed E-state index contributed by atoms with van der Waals surface area (Å²) in [4.78, 5) is 14.2. The number of hydrogen-bond donors (Lipinski definition) is 0. The van der Waals surface area contributed by atoms with E-state index < -0.39 is 0 Å². The number of nitrogens with zero attached hydrogens (tertiary/aromatic N) is 4. The van der Waals surface area contributed by atoms with Crippen LogP contribution in [-0.4, -0.2) is 47.6 Å². The largest absolute Gasteiger partial charge is 0.356 e. The molecule has 134 valence electrons. The van der Waals surface area contributed by atoms with E-state index in [1.165, 1.54) is 43.4 Å². The number of fused-ring (bicyclic) bond motifs is 1. The molecule has 3 heterocycles. The molecule has 0 unspecified atom stereocenters. The molecule has 0 aliphatic carbocycles. The van der Waals surface area contributed by atoms with Crippen LogP contribution in [0.3, 0.4) is 0 Å². The van der Waals surface area contributed by atoms with Gasteiger partial charge in [-0.25, -0.2) is 9.97 Å². The molecule has 4 nitrogen and oxygen atoms in total. The van der Waals surface area contributed by atoms with E-state index in [0.29, 0.717) is 5.41 Å². The lowest BCUT2D eigenvalue weighted by Crippen LogP contribution is -2.60. The van der Waals surface area contributed by atoms with Crippen molar-refractivity contribution in [2.24, 2.45) is 11.3 Å². The summed E-state index contributed by atoms with van der Waals surface area (Å²) in [6, 6.07) is 6.60. The minimum atomic E-state index is 0.572. The van der Waals surface area contributed by atoms with Crippen LogP contribution in [0.2, 0.25) is 0 Å². The van der Waals surface area contributed by atoms with E-state index in [1.807, 2.05) is 0 Å².